The van der Waals surface area contributed by atoms with Gasteiger partial charge in [0.15, 0.2) is 0 Å². The molecule has 0 radical (unpaired) electrons. The summed E-state index contributed by atoms with van der Waals surface area (Å²) in [5.74, 6) is 0.339. The van der Waals surface area contributed by atoms with Gasteiger partial charge < -0.3 is 19.5 Å². The Labute approximate surface area is 129 Å². The summed E-state index contributed by atoms with van der Waals surface area (Å²) in [5.41, 5.74) is -0.623. The molecule has 0 aliphatic carbocycles. The monoisotopic (exact) mass is 303 g/mol. The number of esters is 1. The van der Waals surface area contributed by atoms with Crippen LogP contribution in [0.3, 0.4) is 0 Å². The maximum absolute atomic E-state index is 11.9. The van der Waals surface area contributed by atoms with Gasteiger partial charge in [0.1, 0.15) is 5.54 Å². The molecule has 0 fully saturated rings. The van der Waals surface area contributed by atoms with Gasteiger partial charge in [0.05, 0.1) is 20.3 Å². The molecule has 5 nitrogen and oxygen atoms in total. The third-order valence-electron chi connectivity index (χ3n) is 3.19. The van der Waals surface area contributed by atoms with E-state index in [1.54, 1.807) is 0 Å². The maximum atomic E-state index is 11.9. The summed E-state index contributed by atoms with van der Waals surface area (Å²) in [7, 11) is 1.43. The molecule has 5 heteroatoms. The van der Waals surface area contributed by atoms with Gasteiger partial charge in [-0.1, -0.05) is 20.8 Å². The van der Waals surface area contributed by atoms with Gasteiger partial charge in [-0.2, -0.15) is 0 Å². The van der Waals surface area contributed by atoms with E-state index in [1.165, 1.54) is 7.11 Å². The second kappa shape index (κ2) is 12.0. The minimum atomic E-state index is -0.623. The van der Waals surface area contributed by atoms with Gasteiger partial charge >= 0.3 is 5.97 Å². The fourth-order valence-electron chi connectivity index (χ4n) is 1.96. The van der Waals surface area contributed by atoms with Crippen LogP contribution in [0.25, 0.3) is 0 Å². The molecule has 0 heterocycles. The predicted molar refractivity (Wildman–Crippen MR) is 84.4 cm³/mol. The topological polar surface area (TPSA) is 56.8 Å². The molecule has 1 atom stereocenters. The second-order valence-electron chi connectivity index (χ2n) is 5.94. The van der Waals surface area contributed by atoms with Gasteiger partial charge in [-0.25, -0.2) is 0 Å². The van der Waals surface area contributed by atoms with Crippen molar-refractivity contribution in [3.05, 3.63) is 0 Å². The first-order valence-corrected chi connectivity index (χ1v) is 7.95. The molecular formula is C16H33NO4. The first-order valence-electron chi connectivity index (χ1n) is 7.95. The Kier molecular flexibility index (Phi) is 11.6. The molecule has 126 valence electrons. The Balaban J connectivity index is 3.80. The number of carbonyl (C=O) groups is 1. The standard InChI is InChI=1S/C16H33NO4/c1-6-9-17-16(4,15(18)19-5)8-7-10-20-11-12-21-13-14(2)3/h14,17H,6-13H2,1-5H3. The number of rotatable bonds is 13. The van der Waals surface area contributed by atoms with E-state index in [0.29, 0.717) is 32.2 Å². The summed E-state index contributed by atoms with van der Waals surface area (Å²) in [6.45, 7) is 11.6. The summed E-state index contributed by atoms with van der Waals surface area (Å²) in [6, 6.07) is 0. The second-order valence-corrected chi connectivity index (χ2v) is 5.94. The quantitative estimate of drug-likeness (QED) is 0.418. The summed E-state index contributed by atoms with van der Waals surface area (Å²) in [5, 5.41) is 3.27. The van der Waals surface area contributed by atoms with Gasteiger partial charge in [-0.3, -0.25) is 4.79 Å². The van der Waals surface area contributed by atoms with E-state index in [-0.39, 0.29) is 5.97 Å². The Hall–Kier alpha value is -0.650. The lowest BCUT2D eigenvalue weighted by molar-refractivity contribution is -0.148. The molecule has 0 amide bonds. The van der Waals surface area contributed by atoms with Crippen molar-refractivity contribution in [3.8, 4) is 0 Å². The van der Waals surface area contributed by atoms with E-state index in [4.69, 9.17) is 14.2 Å². The molecule has 0 aromatic rings. The van der Waals surface area contributed by atoms with E-state index < -0.39 is 5.54 Å². The highest BCUT2D eigenvalue weighted by Gasteiger charge is 2.32. The minimum absolute atomic E-state index is 0.212. The van der Waals surface area contributed by atoms with Gasteiger partial charge in [-0.15, -0.1) is 0 Å². The first kappa shape index (κ1) is 20.3. The van der Waals surface area contributed by atoms with Crippen LogP contribution in [0.4, 0.5) is 0 Å². The summed E-state index contributed by atoms with van der Waals surface area (Å²) < 4.78 is 15.8. The smallest absolute Gasteiger partial charge is 0.325 e. The highest BCUT2D eigenvalue weighted by atomic mass is 16.5. The van der Waals surface area contributed by atoms with Gasteiger partial charge in [0.25, 0.3) is 0 Å². The molecule has 0 saturated heterocycles. The van der Waals surface area contributed by atoms with Crippen molar-refractivity contribution in [2.45, 2.75) is 52.5 Å². The molecule has 0 aliphatic rings. The van der Waals surface area contributed by atoms with Gasteiger partial charge in [0.2, 0.25) is 0 Å². The molecule has 0 saturated carbocycles. The lowest BCUT2D eigenvalue weighted by Crippen LogP contribution is -2.50. The van der Waals surface area contributed by atoms with Crippen molar-refractivity contribution in [1.29, 1.82) is 0 Å². The summed E-state index contributed by atoms with van der Waals surface area (Å²) >= 11 is 0. The zero-order valence-corrected chi connectivity index (χ0v) is 14.4. The van der Waals surface area contributed by atoms with Crippen LogP contribution in [0, 0.1) is 5.92 Å². The van der Waals surface area contributed by atoms with Crippen molar-refractivity contribution in [2.75, 3.05) is 40.1 Å². The van der Waals surface area contributed by atoms with Crippen LogP contribution in [-0.4, -0.2) is 51.6 Å². The van der Waals surface area contributed by atoms with Crippen LogP contribution in [0.5, 0.6) is 0 Å². The average molecular weight is 303 g/mol. The number of carbonyl (C=O) groups excluding carboxylic acids is 1. The van der Waals surface area contributed by atoms with Crippen LogP contribution in [0.15, 0.2) is 0 Å². The summed E-state index contributed by atoms with van der Waals surface area (Å²) in [4.78, 5) is 11.9. The number of ether oxygens (including phenoxy) is 3. The van der Waals surface area contributed by atoms with Crippen molar-refractivity contribution in [3.63, 3.8) is 0 Å². The van der Waals surface area contributed by atoms with E-state index >= 15 is 0 Å². The van der Waals surface area contributed by atoms with E-state index in [1.807, 2.05) is 6.92 Å². The van der Waals surface area contributed by atoms with E-state index in [9.17, 15) is 4.79 Å². The minimum Gasteiger partial charge on any atom is -0.468 e. The third kappa shape index (κ3) is 9.82. The molecule has 21 heavy (non-hydrogen) atoms. The Morgan fingerprint density at radius 3 is 2.43 bits per heavy atom. The van der Waals surface area contributed by atoms with E-state index in [2.05, 4.69) is 26.1 Å². The normalized spacial score (nSPS) is 14.2. The lowest BCUT2D eigenvalue weighted by Gasteiger charge is -2.28. The zero-order valence-electron chi connectivity index (χ0n) is 14.4. The fourth-order valence-corrected chi connectivity index (χ4v) is 1.96. The largest absolute Gasteiger partial charge is 0.468 e. The van der Waals surface area contributed by atoms with Crippen LogP contribution in [-0.2, 0) is 19.0 Å². The molecule has 1 N–H and O–H groups in total. The predicted octanol–water partition coefficient (Wildman–Crippen LogP) is 2.39. The van der Waals surface area contributed by atoms with Crippen LogP contribution in [0.1, 0.15) is 47.0 Å². The van der Waals surface area contributed by atoms with Crippen molar-refractivity contribution in [2.24, 2.45) is 5.92 Å². The molecule has 0 aliphatic heterocycles. The highest BCUT2D eigenvalue weighted by Crippen LogP contribution is 2.14. The van der Waals surface area contributed by atoms with E-state index in [0.717, 1.165) is 26.0 Å². The lowest BCUT2D eigenvalue weighted by atomic mass is 9.96. The number of hydrogen-bond acceptors (Lipinski definition) is 5. The number of methoxy groups -OCH3 is 1. The van der Waals surface area contributed by atoms with Crippen LogP contribution >= 0.6 is 0 Å². The van der Waals surface area contributed by atoms with Crippen molar-refractivity contribution in [1.82, 2.24) is 5.32 Å². The number of nitrogens with one attached hydrogen (secondary N) is 1. The molecule has 0 spiro atoms. The molecule has 0 aromatic carbocycles. The third-order valence-corrected chi connectivity index (χ3v) is 3.19. The van der Waals surface area contributed by atoms with Crippen molar-refractivity contribution >= 4 is 5.97 Å². The maximum Gasteiger partial charge on any atom is 0.325 e. The molecule has 0 aromatic heterocycles. The average Bonchev–Trinajstić information content (AvgIpc) is 2.46. The Morgan fingerprint density at radius 2 is 1.86 bits per heavy atom. The van der Waals surface area contributed by atoms with Crippen LogP contribution < -0.4 is 5.32 Å². The SMILES string of the molecule is CCCNC(C)(CCCOCCOCC(C)C)C(=O)OC. The van der Waals surface area contributed by atoms with Crippen LogP contribution in [0.2, 0.25) is 0 Å². The van der Waals surface area contributed by atoms with Gasteiger partial charge in [-0.05, 0) is 38.6 Å². The van der Waals surface area contributed by atoms with Crippen molar-refractivity contribution < 1.29 is 19.0 Å². The highest BCUT2D eigenvalue weighted by molar-refractivity contribution is 5.80. The first-order chi connectivity index (χ1) is 9.96. The Bertz CT molecular complexity index is 271. The van der Waals surface area contributed by atoms with Gasteiger partial charge in [0, 0.05) is 13.2 Å². The zero-order chi connectivity index (χ0) is 16.1. The number of hydrogen-bond donors (Lipinski definition) is 1. The Morgan fingerprint density at radius 1 is 1.19 bits per heavy atom. The summed E-state index contributed by atoms with van der Waals surface area (Å²) in [6.07, 6.45) is 2.50. The molecule has 0 bridgehead atoms. The fraction of sp³-hybridized carbons (Fsp3) is 0.938. The molecule has 0 rings (SSSR count). The molecular weight excluding hydrogens is 270 g/mol. The molecule has 1 unspecified atom stereocenters.